The van der Waals surface area contributed by atoms with Crippen LogP contribution < -0.4 is 15.0 Å². The molecular formula is C33H36Cl2N4O5. The van der Waals surface area contributed by atoms with Crippen molar-refractivity contribution >= 4 is 52.3 Å². The molecule has 1 unspecified atom stereocenters. The molecule has 232 valence electrons. The quantitative estimate of drug-likeness (QED) is 0.332. The molecule has 1 atom stereocenters. The summed E-state index contributed by atoms with van der Waals surface area (Å²) in [6, 6.07) is 18.7. The van der Waals surface area contributed by atoms with Crippen LogP contribution in [0.15, 0.2) is 60.7 Å². The van der Waals surface area contributed by atoms with Crippen LogP contribution in [0.2, 0.25) is 10.0 Å². The molecule has 11 heteroatoms. The van der Waals surface area contributed by atoms with Gasteiger partial charge >= 0.3 is 0 Å². The largest absolute Gasteiger partial charge is 0.482 e. The highest BCUT2D eigenvalue weighted by molar-refractivity contribution is 6.42. The average Bonchev–Trinajstić information content (AvgIpc) is 3.02. The summed E-state index contributed by atoms with van der Waals surface area (Å²) < 4.78 is 11.1. The van der Waals surface area contributed by atoms with Gasteiger partial charge in [0.1, 0.15) is 12.3 Å². The molecule has 44 heavy (non-hydrogen) atoms. The Bertz CT molecular complexity index is 1530. The third kappa shape index (κ3) is 7.35. The molecule has 1 fully saturated rings. The maximum Gasteiger partial charge on any atom is 0.265 e. The smallest absolute Gasteiger partial charge is 0.265 e. The van der Waals surface area contributed by atoms with Crippen LogP contribution >= 0.6 is 23.2 Å². The number of halogens is 2. The van der Waals surface area contributed by atoms with Crippen LogP contribution in [-0.2, 0) is 19.1 Å². The van der Waals surface area contributed by atoms with Crippen LogP contribution in [0.3, 0.4) is 0 Å². The molecule has 0 saturated carbocycles. The van der Waals surface area contributed by atoms with Crippen molar-refractivity contribution in [1.29, 1.82) is 0 Å². The molecule has 2 aliphatic heterocycles. The van der Waals surface area contributed by atoms with Gasteiger partial charge in [-0.3, -0.25) is 24.2 Å². The Labute approximate surface area is 267 Å². The van der Waals surface area contributed by atoms with Gasteiger partial charge in [-0.1, -0.05) is 73.4 Å². The maximum absolute atomic E-state index is 13.8. The predicted octanol–water partition coefficient (Wildman–Crippen LogP) is 5.51. The number of rotatable bonds is 9. The topological polar surface area (TPSA) is 91.4 Å². The van der Waals surface area contributed by atoms with Crippen molar-refractivity contribution in [3.05, 3.63) is 76.3 Å². The first-order chi connectivity index (χ1) is 21.1. The van der Waals surface area contributed by atoms with Crippen molar-refractivity contribution in [2.45, 2.75) is 19.9 Å². The first-order valence-electron chi connectivity index (χ1n) is 14.6. The molecule has 0 aromatic heterocycles. The Morgan fingerprint density at radius 3 is 2.39 bits per heavy atom. The van der Waals surface area contributed by atoms with Crippen LogP contribution in [-0.4, -0.2) is 80.6 Å². The van der Waals surface area contributed by atoms with Crippen molar-refractivity contribution in [2.75, 3.05) is 63.3 Å². The van der Waals surface area contributed by atoms with Gasteiger partial charge in [-0.05, 0) is 34.9 Å². The standard InChI is InChI=1S/C33H36Cl2N4O5/c1-21(2)33(42)36-25-6-4-5-24(15-25)22-7-9-23(10-8-22)29(18-38-11-13-43-14-12-38)37(3)31(40)19-39-28-16-26(34)27(35)17-30(28)44-20-32(39)41/h4-10,15-17,21,29H,11-14,18-20H2,1-3H3,(H,36,42). The summed E-state index contributed by atoms with van der Waals surface area (Å²) in [5.41, 5.74) is 4.07. The lowest BCUT2D eigenvalue weighted by atomic mass is 9.99. The molecule has 2 heterocycles. The SMILES string of the molecule is CC(C)C(=O)Nc1cccc(-c2ccc(C(CN3CCOCC3)N(C)C(=O)CN3C(=O)COc4cc(Cl)c(Cl)cc43)cc2)c1. The summed E-state index contributed by atoms with van der Waals surface area (Å²) in [5, 5.41) is 3.53. The zero-order valence-electron chi connectivity index (χ0n) is 25.0. The van der Waals surface area contributed by atoms with Crippen LogP contribution in [0.4, 0.5) is 11.4 Å². The number of ether oxygens (including phenoxy) is 2. The fourth-order valence-corrected chi connectivity index (χ4v) is 5.54. The predicted molar refractivity (Wildman–Crippen MR) is 172 cm³/mol. The number of hydrogen-bond donors (Lipinski definition) is 1. The van der Waals surface area contributed by atoms with E-state index in [1.165, 1.54) is 4.90 Å². The summed E-state index contributed by atoms with van der Waals surface area (Å²) in [4.78, 5) is 44.2. The molecule has 3 aromatic carbocycles. The maximum atomic E-state index is 13.8. The van der Waals surface area contributed by atoms with Gasteiger partial charge in [0.05, 0.1) is 35.0 Å². The van der Waals surface area contributed by atoms with Crippen molar-refractivity contribution in [2.24, 2.45) is 5.92 Å². The third-order valence-electron chi connectivity index (χ3n) is 7.92. The van der Waals surface area contributed by atoms with E-state index in [2.05, 4.69) is 10.2 Å². The Morgan fingerprint density at radius 1 is 0.977 bits per heavy atom. The molecule has 5 rings (SSSR count). The lowest BCUT2D eigenvalue weighted by Crippen LogP contribution is -2.48. The first-order valence-corrected chi connectivity index (χ1v) is 15.4. The number of fused-ring (bicyclic) bond motifs is 1. The molecule has 9 nitrogen and oxygen atoms in total. The number of amides is 3. The van der Waals surface area contributed by atoms with Crippen LogP contribution in [0.25, 0.3) is 11.1 Å². The fourth-order valence-electron chi connectivity index (χ4n) is 5.23. The van der Waals surface area contributed by atoms with Crippen LogP contribution in [0.5, 0.6) is 5.75 Å². The Hall–Kier alpha value is -3.63. The number of likely N-dealkylation sites (N-methyl/N-ethyl adjacent to an activating group) is 1. The fraction of sp³-hybridized carbons (Fsp3) is 0.364. The van der Waals surface area contributed by atoms with E-state index < -0.39 is 0 Å². The van der Waals surface area contributed by atoms with Gasteiger partial charge in [0.2, 0.25) is 11.8 Å². The lowest BCUT2D eigenvalue weighted by molar-refractivity contribution is -0.133. The Kier molecular flexibility index (Phi) is 10.1. The molecule has 3 amide bonds. The summed E-state index contributed by atoms with van der Waals surface area (Å²) in [7, 11) is 1.77. The zero-order valence-corrected chi connectivity index (χ0v) is 26.5. The van der Waals surface area contributed by atoms with E-state index in [9.17, 15) is 14.4 Å². The van der Waals surface area contributed by atoms with Crippen LogP contribution in [0.1, 0.15) is 25.5 Å². The van der Waals surface area contributed by atoms with Crippen molar-refractivity contribution in [1.82, 2.24) is 9.80 Å². The van der Waals surface area contributed by atoms with E-state index in [0.717, 1.165) is 35.5 Å². The van der Waals surface area contributed by atoms with Gasteiger partial charge in [0.25, 0.3) is 5.91 Å². The molecule has 0 aliphatic carbocycles. The number of morpholine rings is 1. The minimum Gasteiger partial charge on any atom is -0.482 e. The third-order valence-corrected chi connectivity index (χ3v) is 8.64. The highest BCUT2D eigenvalue weighted by atomic mass is 35.5. The van der Waals surface area contributed by atoms with Gasteiger partial charge in [0, 0.05) is 44.4 Å². The molecule has 0 spiro atoms. The zero-order chi connectivity index (χ0) is 31.4. The molecule has 2 aliphatic rings. The molecular weight excluding hydrogens is 603 g/mol. The van der Waals surface area contributed by atoms with Crippen molar-refractivity contribution < 1.29 is 23.9 Å². The normalized spacial score (nSPS) is 15.9. The summed E-state index contributed by atoms with van der Waals surface area (Å²) in [6.07, 6.45) is 0. The molecule has 1 saturated heterocycles. The summed E-state index contributed by atoms with van der Waals surface area (Å²) in [6.45, 7) is 6.76. The van der Waals surface area contributed by atoms with E-state index in [0.29, 0.717) is 36.2 Å². The Morgan fingerprint density at radius 2 is 1.68 bits per heavy atom. The van der Waals surface area contributed by atoms with Gasteiger partial charge in [-0.15, -0.1) is 0 Å². The minimum atomic E-state index is -0.335. The summed E-state index contributed by atoms with van der Waals surface area (Å²) >= 11 is 12.4. The van der Waals surface area contributed by atoms with E-state index >= 15 is 0 Å². The number of anilines is 2. The second kappa shape index (κ2) is 14.0. The highest BCUT2D eigenvalue weighted by Crippen LogP contribution is 2.39. The number of carbonyl (C=O) groups excluding carboxylic acids is 3. The number of benzene rings is 3. The number of hydrogen-bond acceptors (Lipinski definition) is 6. The average molecular weight is 640 g/mol. The Balaban J connectivity index is 1.38. The number of carbonyl (C=O) groups is 3. The van der Waals surface area contributed by atoms with Gasteiger partial charge in [-0.2, -0.15) is 0 Å². The molecule has 0 bridgehead atoms. The van der Waals surface area contributed by atoms with Crippen molar-refractivity contribution in [3.8, 4) is 16.9 Å². The van der Waals surface area contributed by atoms with Gasteiger partial charge in [0.15, 0.2) is 6.61 Å². The molecule has 3 aromatic rings. The summed E-state index contributed by atoms with van der Waals surface area (Å²) in [5.74, 6) is -0.312. The van der Waals surface area contributed by atoms with Gasteiger partial charge < -0.3 is 19.7 Å². The monoisotopic (exact) mass is 638 g/mol. The number of nitrogens with one attached hydrogen (secondary N) is 1. The van der Waals surface area contributed by atoms with Gasteiger partial charge in [-0.25, -0.2) is 0 Å². The highest BCUT2D eigenvalue weighted by Gasteiger charge is 2.32. The second-order valence-corrected chi connectivity index (χ2v) is 12.1. The second-order valence-electron chi connectivity index (χ2n) is 11.3. The number of nitrogens with zero attached hydrogens (tertiary/aromatic N) is 3. The van der Waals surface area contributed by atoms with Crippen molar-refractivity contribution in [3.63, 3.8) is 0 Å². The van der Waals surface area contributed by atoms with E-state index in [-0.39, 0.29) is 47.9 Å². The minimum absolute atomic E-state index is 0.0367. The van der Waals surface area contributed by atoms with E-state index in [1.54, 1.807) is 24.1 Å². The molecule has 1 N–H and O–H groups in total. The molecule has 0 radical (unpaired) electrons. The lowest BCUT2D eigenvalue weighted by Gasteiger charge is -2.37. The van der Waals surface area contributed by atoms with E-state index in [1.807, 2.05) is 62.4 Å². The van der Waals surface area contributed by atoms with Crippen LogP contribution in [0, 0.1) is 5.92 Å². The van der Waals surface area contributed by atoms with E-state index in [4.69, 9.17) is 32.7 Å². The first kappa shape index (κ1) is 31.8.